The van der Waals surface area contributed by atoms with Crippen LogP contribution in [0.1, 0.15) is 12.5 Å². The Morgan fingerprint density at radius 1 is 1.50 bits per heavy atom. The number of pyridine rings is 1. The molecule has 2 aromatic heterocycles. The monoisotopic (exact) mass is 322 g/mol. The van der Waals surface area contributed by atoms with Gasteiger partial charge >= 0.3 is 0 Å². The van der Waals surface area contributed by atoms with E-state index in [4.69, 9.17) is 15.7 Å². The number of hydrogen-bond acceptors (Lipinski definition) is 7. The molecule has 22 heavy (non-hydrogen) atoms. The molecular formula is C12H14N6O3S. The fourth-order valence-corrected chi connectivity index (χ4v) is 2.21. The maximum absolute atomic E-state index is 11.2. The van der Waals surface area contributed by atoms with Crippen LogP contribution in [0.25, 0.3) is 11.4 Å². The van der Waals surface area contributed by atoms with Crippen LogP contribution in [0.2, 0.25) is 0 Å². The summed E-state index contributed by atoms with van der Waals surface area (Å²) < 4.78 is 29.9. The molecule has 0 aromatic carbocycles. The SMILES string of the molecule is CCOc1nc(-c2cc(NS(C)(=O)=O)n[nH]2)cc(N)c1C#N. The number of nitriles is 1. The first-order valence-electron chi connectivity index (χ1n) is 6.21. The molecule has 0 radical (unpaired) electrons. The lowest BCUT2D eigenvalue weighted by Crippen LogP contribution is -2.09. The van der Waals surface area contributed by atoms with Crippen LogP contribution in [0.3, 0.4) is 0 Å². The van der Waals surface area contributed by atoms with Gasteiger partial charge in [0.1, 0.15) is 11.6 Å². The average Bonchev–Trinajstić information content (AvgIpc) is 2.85. The molecule has 10 heteroatoms. The summed E-state index contributed by atoms with van der Waals surface area (Å²) in [5.41, 5.74) is 7.00. The summed E-state index contributed by atoms with van der Waals surface area (Å²) in [5.74, 6) is 0.243. The fourth-order valence-electron chi connectivity index (χ4n) is 1.73. The summed E-state index contributed by atoms with van der Waals surface area (Å²) in [6, 6.07) is 4.88. The van der Waals surface area contributed by atoms with Crippen LogP contribution in [0.5, 0.6) is 5.88 Å². The first-order chi connectivity index (χ1) is 10.3. The quantitative estimate of drug-likeness (QED) is 0.733. The van der Waals surface area contributed by atoms with Crippen molar-refractivity contribution in [2.24, 2.45) is 0 Å². The summed E-state index contributed by atoms with van der Waals surface area (Å²) in [7, 11) is -3.43. The number of ether oxygens (including phenoxy) is 1. The largest absolute Gasteiger partial charge is 0.477 e. The van der Waals surface area contributed by atoms with E-state index in [1.165, 1.54) is 12.1 Å². The molecule has 0 unspecified atom stereocenters. The third-order valence-electron chi connectivity index (χ3n) is 2.55. The van der Waals surface area contributed by atoms with E-state index in [9.17, 15) is 8.42 Å². The Morgan fingerprint density at radius 3 is 2.82 bits per heavy atom. The maximum atomic E-state index is 11.2. The van der Waals surface area contributed by atoms with E-state index in [0.29, 0.717) is 18.0 Å². The third kappa shape index (κ3) is 3.44. The van der Waals surface area contributed by atoms with E-state index in [1.807, 2.05) is 6.07 Å². The van der Waals surface area contributed by atoms with Crippen molar-refractivity contribution in [1.29, 1.82) is 5.26 Å². The summed E-state index contributed by atoms with van der Waals surface area (Å²) in [6.45, 7) is 2.09. The zero-order valence-corrected chi connectivity index (χ0v) is 12.7. The van der Waals surface area contributed by atoms with Gasteiger partial charge in [-0.2, -0.15) is 10.4 Å². The number of aromatic nitrogens is 3. The van der Waals surface area contributed by atoms with Crippen LogP contribution in [-0.2, 0) is 10.0 Å². The van der Waals surface area contributed by atoms with E-state index in [0.717, 1.165) is 6.26 Å². The number of nitrogens with zero attached hydrogens (tertiary/aromatic N) is 3. The lowest BCUT2D eigenvalue weighted by molar-refractivity contribution is 0.326. The van der Waals surface area contributed by atoms with Crippen molar-refractivity contribution in [2.45, 2.75) is 6.92 Å². The Hall–Kier alpha value is -2.80. The van der Waals surface area contributed by atoms with E-state index in [-0.39, 0.29) is 22.9 Å². The van der Waals surface area contributed by atoms with Gasteiger partial charge in [0, 0.05) is 6.07 Å². The van der Waals surface area contributed by atoms with E-state index in [1.54, 1.807) is 6.92 Å². The van der Waals surface area contributed by atoms with Gasteiger partial charge in [-0.25, -0.2) is 13.4 Å². The van der Waals surface area contributed by atoms with Gasteiger partial charge in [0.2, 0.25) is 15.9 Å². The van der Waals surface area contributed by atoms with Crippen LogP contribution in [0, 0.1) is 11.3 Å². The molecule has 0 atom stereocenters. The zero-order chi connectivity index (χ0) is 16.3. The van der Waals surface area contributed by atoms with Gasteiger partial charge in [-0.1, -0.05) is 0 Å². The van der Waals surface area contributed by atoms with Gasteiger partial charge in [-0.15, -0.1) is 0 Å². The Morgan fingerprint density at radius 2 is 2.23 bits per heavy atom. The summed E-state index contributed by atoms with van der Waals surface area (Å²) in [5, 5.41) is 15.5. The van der Waals surface area contributed by atoms with Crippen molar-refractivity contribution in [3.8, 4) is 23.3 Å². The Balaban J connectivity index is 2.43. The number of hydrogen-bond donors (Lipinski definition) is 3. The molecule has 0 amide bonds. The van der Waals surface area contributed by atoms with Gasteiger partial charge in [0.15, 0.2) is 5.82 Å². The highest BCUT2D eigenvalue weighted by atomic mass is 32.2. The van der Waals surface area contributed by atoms with Crippen LogP contribution < -0.4 is 15.2 Å². The predicted octanol–water partition coefficient (Wildman–Crippen LogP) is 0.696. The van der Waals surface area contributed by atoms with Crippen LogP contribution in [-0.4, -0.2) is 36.5 Å². The topological polar surface area (TPSA) is 147 Å². The van der Waals surface area contributed by atoms with Crippen LogP contribution in [0.15, 0.2) is 12.1 Å². The van der Waals surface area contributed by atoms with Crippen molar-refractivity contribution >= 4 is 21.5 Å². The van der Waals surface area contributed by atoms with Crippen molar-refractivity contribution < 1.29 is 13.2 Å². The lowest BCUT2D eigenvalue weighted by Gasteiger charge is -2.08. The van der Waals surface area contributed by atoms with Crippen molar-refractivity contribution in [3.63, 3.8) is 0 Å². The van der Waals surface area contributed by atoms with Crippen molar-refractivity contribution in [3.05, 3.63) is 17.7 Å². The van der Waals surface area contributed by atoms with Gasteiger partial charge in [0.05, 0.1) is 29.9 Å². The Bertz CT molecular complexity index is 837. The second-order valence-electron chi connectivity index (χ2n) is 4.36. The summed E-state index contributed by atoms with van der Waals surface area (Å²) in [6.07, 6.45) is 1.02. The number of H-pyrrole nitrogens is 1. The number of anilines is 2. The highest BCUT2D eigenvalue weighted by Crippen LogP contribution is 2.28. The van der Waals surface area contributed by atoms with Crippen LogP contribution in [0.4, 0.5) is 11.5 Å². The first kappa shape index (κ1) is 15.6. The van der Waals surface area contributed by atoms with Gasteiger partial charge in [-0.05, 0) is 13.0 Å². The highest BCUT2D eigenvalue weighted by Gasteiger charge is 2.15. The minimum atomic E-state index is -3.43. The Kier molecular flexibility index (Phi) is 4.18. The van der Waals surface area contributed by atoms with Gasteiger partial charge < -0.3 is 10.5 Å². The van der Waals surface area contributed by atoms with Crippen LogP contribution >= 0.6 is 0 Å². The maximum Gasteiger partial charge on any atom is 0.234 e. The number of aromatic amines is 1. The molecule has 0 aliphatic carbocycles. The highest BCUT2D eigenvalue weighted by molar-refractivity contribution is 7.92. The zero-order valence-electron chi connectivity index (χ0n) is 11.9. The van der Waals surface area contributed by atoms with E-state index < -0.39 is 10.0 Å². The molecule has 0 saturated carbocycles. The molecule has 116 valence electrons. The molecule has 0 aliphatic rings. The average molecular weight is 322 g/mol. The minimum Gasteiger partial charge on any atom is -0.477 e. The van der Waals surface area contributed by atoms with Gasteiger partial charge in [0.25, 0.3) is 0 Å². The lowest BCUT2D eigenvalue weighted by atomic mass is 10.2. The first-order valence-corrected chi connectivity index (χ1v) is 8.10. The number of nitrogen functional groups attached to an aromatic ring is 1. The molecule has 2 heterocycles. The molecule has 4 N–H and O–H groups in total. The molecule has 0 spiro atoms. The predicted molar refractivity (Wildman–Crippen MR) is 80.6 cm³/mol. The summed E-state index contributed by atoms with van der Waals surface area (Å²) in [4.78, 5) is 4.20. The second kappa shape index (κ2) is 5.90. The molecule has 0 aliphatic heterocycles. The molecule has 0 fully saturated rings. The molecule has 2 aromatic rings. The molecule has 2 rings (SSSR count). The van der Waals surface area contributed by atoms with Gasteiger partial charge in [-0.3, -0.25) is 9.82 Å². The van der Waals surface area contributed by atoms with E-state index in [2.05, 4.69) is 19.9 Å². The fraction of sp³-hybridized carbons (Fsp3) is 0.250. The number of nitrogens with one attached hydrogen (secondary N) is 2. The third-order valence-corrected chi connectivity index (χ3v) is 3.13. The molecule has 9 nitrogen and oxygen atoms in total. The molecular weight excluding hydrogens is 308 g/mol. The minimum absolute atomic E-state index is 0.118. The Labute approximate surface area is 127 Å². The number of nitrogens with two attached hydrogens (primary N) is 1. The summed E-state index contributed by atoms with van der Waals surface area (Å²) >= 11 is 0. The normalized spacial score (nSPS) is 11.0. The molecule has 0 saturated heterocycles. The van der Waals surface area contributed by atoms with Crippen molar-refractivity contribution in [1.82, 2.24) is 15.2 Å². The standard InChI is InChI=1S/C12H14N6O3S/c1-3-21-12-7(6-13)8(14)4-9(15-12)10-5-11(17-16-10)18-22(2,19)20/h4-5H,3H2,1-2H3,(H2,14,15)(H2,16,17,18). The number of rotatable bonds is 5. The number of sulfonamides is 1. The van der Waals surface area contributed by atoms with E-state index >= 15 is 0 Å². The smallest absolute Gasteiger partial charge is 0.234 e. The second-order valence-corrected chi connectivity index (χ2v) is 6.11. The van der Waals surface area contributed by atoms with Crippen molar-refractivity contribution in [2.75, 3.05) is 23.3 Å². The molecule has 0 bridgehead atoms.